The molecule has 0 aliphatic rings. The molecule has 0 radical (unpaired) electrons. The van der Waals surface area contributed by atoms with E-state index in [-0.39, 0.29) is 5.82 Å². The number of benzene rings is 1. The van der Waals surface area contributed by atoms with E-state index < -0.39 is 0 Å². The van der Waals surface area contributed by atoms with Crippen LogP contribution >= 0.6 is 0 Å². The Morgan fingerprint density at radius 2 is 2.15 bits per heavy atom. The second-order valence-corrected chi connectivity index (χ2v) is 2.91. The first-order valence-corrected chi connectivity index (χ1v) is 4.17. The Bertz CT molecular complexity index is 299. The summed E-state index contributed by atoms with van der Waals surface area (Å²) < 4.78 is 18.2. The van der Waals surface area contributed by atoms with Gasteiger partial charge in [0.2, 0.25) is 0 Å². The Morgan fingerprint density at radius 1 is 1.46 bits per heavy atom. The molecule has 3 heteroatoms. The molecule has 0 amide bonds. The Balaban J connectivity index is 3.18. The van der Waals surface area contributed by atoms with Gasteiger partial charge >= 0.3 is 0 Å². The molecule has 0 aliphatic heterocycles. The van der Waals surface area contributed by atoms with Crippen LogP contribution in [0.25, 0.3) is 0 Å². The first-order chi connectivity index (χ1) is 6.20. The molecule has 0 bridgehead atoms. The van der Waals surface area contributed by atoms with Crippen molar-refractivity contribution < 1.29 is 9.13 Å². The topological polar surface area (TPSA) is 21.3 Å². The number of nitrogens with one attached hydrogen (secondary N) is 1. The molecule has 0 saturated heterocycles. The van der Waals surface area contributed by atoms with Crippen molar-refractivity contribution >= 4 is 0 Å². The average Bonchev–Trinajstić information content (AvgIpc) is 2.12. The van der Waals surface area contributed by atoms with Gasteiger partial charge in [-0.1, -0.05) is 6.07 Å². The van der Waals surface area contributed by atoms with Gasteiger partial charge in [0, 0.05) is 12.1 Å². The summed E-state index contributed by atoms with van der Waals surface area (Å²) in [6, 6.07) is 3.18. The van der Waals surface area contributed by atoms with E-state index in [1.165, 1.54) is 13.2 Å². The lowest BCUT2D eigenvalue weighted by Gasteiger charge is -2.11. The molecule has 0 heterocycles. The van der Waals surface area contributed by atoms with Crippen molar-refractivity contribution in [1.82, 2.24) is 5.32 Å². The fourth-order valence-electron chi connectivity index (χ4n) is 1.31. The summed E-state index contributed by atoms with van der Waals surface area (Å²) in [6.07, 6.45) is 0. The predicted octanol–water partition coefficient (Wildman–Crippen LogP) is 1.86. The van der Waals surface area contributed by atoms with Crippen LogP contribution in [0, 0.1) is 12.7 Å². The highest BCUT2D eigenvalue weighted by molar-refractivity contribution is 5.40. The molecule has 1 aromatic rings. The largest absolute Gasteiger partial charge is 0.493 e. The Morgan fingerprint density at radius 3 is 2.69 bits per heavy atom. The first-order valence-electron chi connectivity index (χ1n) is 4.17. The molecule has 72 valence electrons. The minimum absolute atomic E-state index is 0.307. The van der Waals surface area contributed by atoms with Gasteiger partial charge < -0.3 is 10.1 Å². The van der Waals surface area contributed by atoms with Gasteiger partial charge in [0.25, 0.3) is 0 Å². The molecule has 0 spiro atoms. The normalized spacial score (nSPS) is 10.2. The van der Waals surface area contributed by atoms with Crippen molar-refractivity contribution in [2.75, 3.05) is 14.2 Å². The van der Waals surface area contributed by atoms with Gasteiger partial charge in [-0.05, 0) is 25.6 Å². The van der Waals surface area contributed by atoms with Crippen LogP contribution in [-0.2, 0) is 6.54 Å². The van der Waals surface area contributed by atoms with Gasteiger partial charge in [0.15, 0.2) is 11.6 Å². The highest BCUT2D eigenvalue weighted by Crippen LogP contribution is 2.25. The van der Waals surface area contributed by atoms with Crippen molar-refractivity contribution in [2.24, 2.45) is 0 Å². The molecule has 0 atom stereocenters. The highest BCUT2D eigenvalue weighted by Gasteiger charge is 2.10. The molecule has 13 heavy (non-hydrogen) atoms. The van der Waals surface area contributed by atoms with Crippen LogP contribution in [0.2, 0.25) is 0 Å². The van der Waals surface area contributed by atoms with E-state index in [4.69, 9.17) is 4.74 Å². The van der Waals surface area contributed by atoms with E-state index in [2.05, 4.69) is 5.32 Å². The van der Waals surface area contributed by atoms with Crippen LogP contribution in [0.4, 0.5) is 4.39 Å². The fraction of sp³-hybridized carbons (Fsp3) is 0.400. The zero-order valence-corrected chi connectivity index (χ0v) is 8.15. The number of hydrogen-bond acceptors (Lipinski definition) is 2. The zero-order valence-electron chi connectivity index (χ0n) is 8.15. The molecule has 1 rings (SSSR count). The quantitative estimate of drug-likeness (QED) is 0.772. The van der Waals surface area contributed by atoms with Crippen LogP contribution in [0.3, 0.4) is 0 Å². The smallest absolute Gasteiger partial charge is 0.165 e. The predicted molar refractivity (Wildman–Crippen MR) is 50.5 cm³/mol. The van der Waals surface area contributed by atoms with Crippen LogP contribution in [0.1, 0.15) is 11.1 Å². The summed E-state index contributed by atoms with van der Waals surface area (Å²) >= 11 is 0. The minimum atomic E-state index is -0.307. The van der Waals surface area contributed by atoms with Crippen LogP contribution in [0.15, 0.2) is 12.1 Å². The number of halogens is 1. The summed E-state index contributed by atoms with van der Waals surface area (Å²) in [7, 11) is 3.31. The third-order valence-corrected chi connectivity index (χ3v) is 2.00. The van der Waals surface area contributed by atoms with E-state index >= 15 is 0 Å². The molecule has 0 aromatic heterocycles. The number of ether oxygens (including phenoxy) is 1. The summed E-state index contributed by atoms with van der Waals surface area (Å²) in [4.78, 5) is 0. The van der Waals surface area contributed by atoms with Crippen LogP contribution < -0.4 is 10.1 Å². The monoisotopic (exact) mass is 183 g/mol. The zero-order chi connectivity index (χ0) is 9.84. The van der Waals surface area contributed by atoms with Crippen molar-refractivity contribution in [2.45, 2.75) is 13.5 Å². The first kappa shape index (κ1) is 9.99. The van der Waals surface area contributed by atoms with E-state index in [0.717, 1.165) is 11.1 Å². The van der Waals surface area contributed by atoms with Crippen molar-refractivity contribution in [3.8, 4) is 5.75 Å². The lowest BCUT2D eigenvalue weighted by Crippen LogP contribution is -2.09. The lowest BCUT2D eigenvalue weighted by atomic mass is 10.1. The SMILES string of the molecule is CNCc1c(C)ccc(F)c1OC. The third-order valence-electron chi connectivity index (χ3n) is 2.00. The summed E-state index contributed by atoms with van der Waals surface area (Å²) in [5, 5.41) is 2.98. The molecule has 0 saturated carbocycles. The Hall–Kier alpha value is -1.09. The van der Waals surface area contributed by atoms with Gasteiger partial charge in [0.05, 0.1) is 7.11 Å². The number of hydrogen-bond donors (Lipinski definition) is 1. The molecular weight excluding hydrogens is 169 g/mol. The molecular formula is C10H14FNO. The van der Waals surface area contributed by atoms with Gasteiger partial charge in [-0.3, -0.25) is 0 Å². The van der Waals surface area contributed by atoms with Gasteiger partial charge in [-0.15, -0.1) is 0 Å². The van der Waals surface area contributed by atoms with Gasteiger partial charge in [-0.25, -0.2) is 4.39 Å². The lowest BCUT2D eigenvalue weighted by molar-refractivity contribution is 0.380. The molecule has 0 unspecified atom stereocenters. The maximum atomic E-state index is 13.2. The Kier molecular flexibility index (Phi) is 3.25. The van der Waals surface area contributed by atoms with Crippen LogP contribution in [-0.4, -0.2) is 14.2 Å². The number of methoxy groups -OCH3 is 1. The maximum absolute atomic E-state index is 13.2. The Labute approximate surface area is 77.7 Å². The molecule has 2 nitrogen and oxygen atoms in total. The van der Waals surface area contributed by atoms with E-state index in [0.29, 0.717) is 12.3 Å². The van der Waals surface area contributed by atoms with E-state index in [1.54, 1.807) is 6.07 Å². The van der Waals surface area contributed by atoms with Crippen LogP contribution in [0.5, 0.6) is 5.75 Å². The van der Waals surface area contributed by atoms with Gasteiger partial charge in [-0.2, -0.15) is 0 Å². The fourth-order valence-corrected chi connectivity index (χ4v) is 1.31. The summed E-state index contributed by atoms with van der Waals surface area (Å²) in [5.41, 5.74) is 1.91. The van der Waals surface area contributed by atoms with Gasteiger partial charge in [0.1, 0.15) is 0 Å². The number of rotatable bonds is 3. The minimum Gasteiger partial charge on any atom is -0.493 e. The molecule has 1 N–H and O–H groups in total. The summed E-state index contributed by atoms with van der Waals surface area (Å²) in [6.45, 7) is 2.56. The molecule has 0 fully saturated rings. The third kappa shape index (κ3) is 1.98. The molecule has 0 aliphatic carbocycles. The second-order valence-electron chi connectivity index (χ2n) is 2.91. The van der Waals surface area contributed by atoms with Crippen molar-refractivity contribution in [1.29, 1.82) is 0 Å². The highest BCUT2D eigenvalue weighted by atomic mass is 19.1. The standard InChI is InChI=1S/C10H14FNO/c1-7-4-5-9(11)10(13-3)8(7)6-12-2/h4-5,12H,6H2,1-3H3. The molecule has 1 aromatic carbocycles. The summed E-state index contributed by atoms with van der Waals surface area (Å²) in [5.74, 6) is 0.0349. The van der Waals surface area contributed by atoms with E-state index in [1.807, 2.05) is 14.0 Å². The maximum Gasteiger partial charge on any atom is 0.165 e. The second kappa shape index (κ2) is 4.23. The van der Waals surface area contributed by atoms with Crippen molar-refractivity contribution in [3.05, 3.63) is 29.1 Å². The number of aryl methyl sites for hydroxylation is 1. The van der Waals surface area contributed by atoms with E-state index in [9.17, 15) is 4.39 Å². The van der Waals surface area contributed by atoms with Crippen molar-refractivity contribution in [3.63, 3.8) is 0 Å². The average molecular weight is 183 g/mol.